The van der Waals surface area contributed by atoms with Gasteiger partial charge in [0.25, 0.3) is 0 Å². The molecule has 26 heavy (non-hydrogen) atoms. The number of rotatable bonds is 7. The van der Waals surface area contributed by atoms with Gasteiger partial charge < -0.3 is 11.1 Å². The summed E-state index contributed by atoms with van der Waals surface area (Å²) in [6.45, 7) is 0. The van der Waals surface area contributed by atoms with Gasteiger partial charge in [0.1, 0.15) is 0 Å². The molecule has 1 amide bonds. The molecule has 0 spiro atoms. The van der Waals surface area contributed by atoms with Crippen molar-refractivity contribution >= 4 is 46.5 Å². The predicted octanol–water partition coefficient (Wildman–Crippen LogP) is 4.19. The van der Waals surface area contributed by atoms with Crippen LogP contribution in [0.3, 0.4) is 0 Å². The maximum atomic E-state index is 12.7. The number of carbonyl (C=O) groups excluding carboxylic acids is 1. The molecule has 1 aromatic carbocycles. The van der Waals surface area contributed by atoms with Crippen LogP contribution in [0.1, 0.15) is 22.4 Å². The summed E-state index contributed by atoms with van der Waals surface area (Å²) in [5, 5.41) is 3.04. The maximum absolute atomic E-state index is 12.7. The molecule has 3 N–H and O–H groups in total. The smallest absolute Gasteiger partial charge is 0.320 e. The van der Waals surface area contributed by atoms with Crippen LogP contribution < -0.4 is 11.1 Å². The lowest BCUT2D eigenvalue weighted by Gasteiger charge is -2.09. The molecular formula is C16H19ClF3N3OS2. The number of nitrogens with two attached hydrogens (primary N) is 1. The van der Waals surface area contributed by atoms with Crippen LogP contribution >= 0.6 is 35.5 Å². The zero-order chi connectivity index (χ0) is 18.4. The number of alkyl halides is 3. The molecule has 2 aromatic rings. The standard InChI is InChI=1S/C16H18F3N3OS2.ClH/c1-24-6-5-13(20)14(23)22-15-21-9-12(25-15)8-10-3-2-4-11(7-10)16(17,18)19;/h2-4,7,9,13H,5-6,8,20H2,1H3,(H,21,22,23);1H/t13-;/m0./s1. The Balaban J connectivity index is 0.00000338. The van der Waals surface area contributed by atoms with E-state index in [9.17, 15) is 18.0 Å². The Hall–Kier alpha value is -1.29. The van der Waals surface area contributed by atoms with Gasteiger partial charge in [-0.1, -0.05) is 18.2 Å². The van der Waals surface area contributed by atoms with Crippen LogP contribution in [0, 0.1) is 0 Å². The topological polar surface area (TPSA) is 68.0 Å². The molecule has 2 rings (SSSR count). The van der Waals surface area contributed by atoms with Crippen molar-refractivity contribution in [2.75, 3.05) is 17.3 Å². The van der Waals surface area contributed by atoms with Crippen molar-refractivity contribution in [3.8, 4) is 0 Å². The molecule has 144 valence electrons. The van der Waals surface area contributed by atoms with Crippen molar-refractivity contribution in [1.82, 2.24) is 4.98 Å². The lowest BCUT2D eigenvalue weighted by atomic mass is 10.1. The van der Waals surface area contributed by atoms with Gasteiger partial charge in [-0.05, 0) is 30.1 Å². The van der Waals surface area contributed by atoms with Crippen LogP contribution in [0.15, 0.2) is 30.5 Å². The first-order chi connectivity index (χ1) is 11.8. The van der Waals surface area contributed by atoms with Gasteiger partial charge in [0.15, 0.2) is 5.13 Å². The minimum absolute atomic E-state index is 0. The van der Waals surface area contributed by atoms with E-state index >= 15 is 0 Å². The van der Waals surface area contributed by atoms with Crippen molar-refractivity contribution in [1.29, 1.82) is 0 Å². The molecule has 0 aliphatic carbocycles. The Morgan fingerprint density at radius 1 is 1.42 bits per heavy atom. The van der Waals surface area contributed by atoms with E-state index in [1.165, 1.54) is 17.4 Å². The molecule has 0 radical (unpaired) electrons. The molecule has 0 saturated heterocycles. The number of thioether (sulfide) groups is 1. The molecule has 0 aliphatic heterocycles. The third-order valence-corrected chi connectivity index (χ3v) is 4.94. The van der Waals surface area contributed by atoms with Crippen LogP contribution in [-0.4, -0.2) is 28.9 Å². The molecular weight excluding hydrogens is 407 g/mol. The molecule has 4 nitrogen and oxygen atoms in total. The second-order valence-electron chi connectivity index (χ2n) is 5.38. The fourth-order valence-electron chi connectivity index (χ4n) is 2.08. The summed E-state index contributed by atoms with van der Waals surface area (Å²) < 4.78 is 38.2. The van der Waals surface area contributed by atoms with E-state index in [1.54, 1.807) is 24.0 Å². The van der Waals surface area contributed by atoms with Crippen molar-refractivity contribution in [3.63, 3.8) is 0 Å². The third kappa shape index (κ3) is 6.79. The Morgan fingerprint density at radius 2 is 2.15 bits per heavy atom. The molecule has 0 fully saturated rings. The molecule has 1 aromatic heterocycles. The highest BCUT2D eigenvalue weighted by Crippen LogP contribution is 2.30. The Labute approximate surface area is 164 Å². The lowest BCUT2D eigenvalue weighted by Crippen LogP contribution is -2.36. The number of carbonyl (C=O) groups is 1. The van der Waals surface area contributed by atoms with E-state index in [0.717, 1.165) is 22.8 Å². The second kappa shape index (κ2) is 10.1. The normalized spacial score (nSPS) is 12.3. The monoisotopic (exact) mass is 425 g/mol. The summed E-state index contributed by atoms with van der Waals surface area (Å²) in [6.07, 6.45) is 0.000673. The van der Waals surface area contributed by atoms with E-state index in [1.807, 2.05) is 6.26 Å². The predicted molar refractivity (Wildman–Crippen MR) is 103 cm³/mol. The highest BCUT2D eigenvalue weighted by Gasteiger charge is 2.30. The summed E-state index contributed by atoms with van der Waals surface area (Å²) in [5.74, 6) is 0.474. The van der Waals surface area contributed by atoms with Crippen LogP contribution in [0.5, 0.6) is 0 Å². The van der Waals surface area contributed by atoms with Crippen LogP contribution in [0.25, 0.3) is 0 Å². The average Bonchev–Trinajstić information content (AvgIpc) is 2.98. The summed E-state index contributed by atoms with van der Waals surface area (Å²) in [5.41, 5.74) is 5.64. The van der Waals surface area contributed by atoms with Gasteiger partial charge in [0.05, 0.1) is 11.6 Å². The number of halogens is 4. The van der Waals surface area contributed by atoms with Gasteiger partial charge in [-0.25, -0.2) is 4.98 Å². The first kappa shape index (κ1) is 22.8. The third-order valence-electron chi connectivity index (χ3n) is 3.39. The van der Waals surface area contributed by atoms with E-state index in [0.29, 0.717) is 23.5 Å². The Kier molecular flexibility index (Phi) is 8.88. The van der Waals surface area contributed by atoms with Crippen LogP contribution in [0.4, 0.5) is 18.3 Å². The number of hydrogen-bond acceptors (Lipinski definition) is 5. The van der Waals surface area contributed by atoms with Gasteiger partial charge in [0.2, 0.25) is 5.91 Å². The summed E-state index contributed by atoms with van der Waals surface area (Å²) in [7, 11) is 0. The summed E-state index contributed by atoms with van der Waals surface area (Å²) in [6, 6.07) is 4.56. The Morgan fingerprint density at radius 3 is 2.81 bits per heavy atom. The number of anilines is 1. The first-order valence-electron chi connectivity index (χ1n) is 7.46. The number of amides is 1. The zero-order valence-corrected chi connectivity index (χ0v) is 16.3. The summed E-state index contributed by atoms with van der Waals surface area (Å²) in [4.78, 5) is 16.8. The van der Waals surface area contributed by atoms with Crippen LogP contribution in [0.2, 0.25) is 0 Å². The maximum Gasteiger partial charge on any atom is 0.416 e. The van der Waals surface area contributed by atoms with Crippen LogP contribution in [-0.2, 0) is 17.4 Å². The molecule has 1 heterocycles. The Bertz CT molecular complexity index is 725. The highest BCUT2D eigenvalue weighted by molar-refractivity contribution is 7.98. The van der Waals surface area contributed by atoms with E-state index in [4.69, 9.17) is 5.73 Å². The van der Waals surface area contributed by atoms with E-state index in [2.05, 4.69) is 10.3 Å². The molecule has 0 unspecified atom stereocenters. The first-order valence-corrected chi connectivity index (χ1v) is 9.67. The number of nitrogens with one attached hydrogen (secondary N) is 1. The number of hydrogen-bond donors (Lipinski definition) is 2. The van der Waals surface area contributed by atoms with E-state index in [-0.39, 0.29) is 18.3 Å². The van der Waals surface area contributed by atoms with E-state index < -0.39 is 17.8 Å². The number of thiazole rings is 1. The fraction of sp³-hybridized carbons (Fsp3) is 0.375. The largest absolute Gasteiger partial charge is 0.416 e. The van der Waals surface area contributed by atoms with Crippen molar-refractivity contribution in [2.24, 2.45) is 5.73 Å². The quantitative estimate of drug-likeness (QED) is 0.697. The summed E-state index contributed by atoms with van der Waals surface area (Å²) >= 11 is 2.83. The number of nitrogens with zero attached hydrogens (tertiary/aromatic N) is 1. The van der Waals surface area contributed by atoms with Crippen molar-refractivity contribution in [2.45, 2.75) is 25.1 Å². The number of aromatic nitrogens is 1. The highest BCUT2D eigenvalue weighted by atomic mass is 35.5. The molecule has 1 atom stereocenters. The van der Waals surface area contributed by atoms with Gasteiger partial charge in [0, 0.05) is 17.5 Å². The van der Waals surface area contributed by atoms with Crippen molar-refractivity contribution < 1.29 is 18.0 Å². The average molecular weight is 426 g/mol. The van der Waals surface area contributed by atoms with Gasteiger partial charge in [-0.3, -0.25) is 4.79 Å². The molecule has 0 aliphatic rings. The fourth-order valence-corrected chi connectivity index (χ4v) is 3.42. The molecule has 10 heteroatoms. The number of benzene rings is 1. The van der Waals surface area contributed by atoms with Gasteiger partial charge in [-0.15, -0.1) is 23.7 Å². The lowest BCUT2D eigenvalue weighted by molar-refractivity contribution is -0.137. The molecule has 0 bridgehead atoms. The van der Waals surface area contributed by atoms with Gasteiger partial charge in [-0.2, -0.15) is 24.9 Å². The molecule has 0 saturated carbocycles. The van der Waals surface area contributed by atoms with Gasteiger partial charge >= 0.3 is 6.18 Å². The SMILES string of the molecule is CSCC[C@H](N)C(=O)Nc1ncc(Cc2cccc(C(F)(F)F)c2)s1.Cl. The minimum atomic E-state index is -4.37. The second-order valence-corrected chi connectivity index (χ2v) is 7.48. The minimum Gasteiger partial charge on any atom is -0.320 e. The van der Waals surface area contributed by atoms with Crippen molar-refractivity contribution in [3.05, 3.63) is 46.5 Å². The zero-order valence-electron chi connectivity index (χ0n) is 13.9.